The molecular weight excluding hydrogens is 343 g/mol. The predicted molar refractivity (Wildman–Crippen MR) is 82.0 cm³/mol. The van der Waals surface area contributed by atoms with E-state index in [4.69, 9.17) is 5.11 Å². The van der Waals surface area contributed by atoms with Crippen molar-refractivity contribution in [3.05, 3.63) is 61.9 Å². The molecule has 1 aromatic heterocycles. The second kappa shape index (κ2) is 6.55. The van der Waals surface area contributed by atoms with Crippen LogP contribution in [-0.4, -0.2) is 39.6 Å². The first-order valence-electron chi connectivity index (χ1n) is 6.96. The summed E-state index contributed by atoms with van der Waals surface area (Å²) >= 11 is 0. The van der Waals surface area contributed by atoms with Crippen molar-refractivity contribution in [2.45, 2.75) is 12.7 Å². The van der Waals surface area contributed by atoms with E-state index in [1.807, 2.05) is 4.98 Å². The molecule has 0 unspecified atom stereocenters. The Hall–Kier alpha value is -2.88. The van der Waals surface area contributed by atoms with Crippen LogP contribution in [0.5, 0.6) is 0 Å². The highest BCUT2D eigenvalue weighted by Gasteiger charge is 2.31. The number of hydrogen-bond donors (Lipinski definition) is 2. The zero-order valence-corrected chi connectivity index (χ0v) is 13.2. The molecule has 2 aromatic rings. The van der Waals surface area contributed by atoms with Crippen LogP contribution in [0.1, 0.15) is 21.6 Å². The van der Waals surface area contributed by atoms with E-state index in [1.54, 1.807) is 14.1 Å². The Morgan fingerprint density at radius 1 is 1.28 bits per heavy atom. The molecule has 0 radical (unpaired) electrons. The summed E-state index contributed by atoms with van der Waals surface area (Å²) < 4.78 is 39.0. The minimum Gasteiger partial charge on any atom is -0.477 e. The van der Waals surface area contributed by atoms with E-state index in [1.165, 1.54) is 4.90 Å². The van der Waals surface area contributed by atoms with Crippen LogP contribution in [0, 0.1) is 0 Å². The summed E-state index contributed by atoms with van der Waals surface area (Å²) in [6, 6.07) is 3.66. The lowest BCUT2D eigenvalue weighted by Gasteiger charge is -2.14. The highest BCUT2D eigenvalue weighted by atomic mass is 19.4. The van der Waals surface area contributed by atoms with Gasteiger partial charge in [0.1, 0.15) is 5.69 Å². The molecule has 0 aliphatic rings. The normalized spacial score (nSPS) is 11.8. The summed E-state index contributed by atoms with van der Waals surface area (Å²) in [5.41, 5.74) is -4.30. The van der Waals surface area contributed by atoms with Gasteiger partial charge in [0, 0.05) is 6.54 Å². The topological polar surface area (TPSA) is 95.4 Å². The fourth-order valence-corrected chi connectivity index (χ4v) is 2.27. The smallest absolute Gasteiger partial charge is 0.416 e. The monoisotopic (exact) mass is 357 g/mol. The minimum atomic E-state index is -4.65. The van der Waals surface area contributed by atoms with Crippen LogP contribution in [-0.2, 0) is 12.7 Å². The number of H-pyrrole nitrogens is 1. The molecule has 25 heavy (non-hydrogen) atoms. The maximum absolute atomic E-state index is 12.8. The lowest BCUT2D eigenvalue weighted by atomic mass is 10.1. The average Bonchev–Trinajstić information content (AvgIpc) is 2.49. The van der Waals surface area contributed by atoms with Gasteiger partial charge < -0.3 is 15.0 Å². The SMILES string of the molecule is CN(C)Cc1c(C(=O)O)[nH]c(=O)n(-c2cccc(C(F)(F)F)c2)c1=O. The molecule has 0 spiro atoms. The molecule has 0 bridgehead atoms. The van der Waals surface area contributed by atoms with Gasteiger partial charge in [-0.15, -0.1) is 0 Å². The van der Waals surface area contributed by atoms with E-state index in [2.05, 4.69) is 0 Å². The predicted octanol–water partition coefficient (Wildman–Crippen LogP) is 1.30. The van der Waals surface area contributed by atoms with Gasteiger partial charge in [-0.1, -0.05) is 6.07 Å². The van der Waals surface area contributed by atoms with E-state index in [0.29, 0.717) is 10.6 Å². The van der Waals surface area contributed by atoms with Crippen LogP contribution < -0.4 is 11.2 Å². The fraction of sp³-hybridized carbons (Fsp3) is 0.267. The third-order valence-corrected chi connectivity index (χ3v) is 3.32. The van der Waals surface area contributed by atoms with Crippen LogP contribution in [0.25, 0.3) is 5.69 Å². The molecule has 0 fully saturated rings. The molecule has 2 N–H and O–H groups in total. The summed E-state index contributed by atoms with van der Waals surface area (Å²) in [7, 11) is 3.15. The van der Waals surface area contributed by atoms with Crippen LogP contribution >= 0.6 is 0 Å². The van der Waals surface area contributed by atoms with Crippen molar-refractivity contribution in [3.8, 4) is 5.69 Å². The molecule has 0 saturated carbocycles. The zero-order chi connectivity index (χ0) is 18.9. The third-order valence-electron chi connectivity index (χ3n) is 3.32. The van der Waals surface area contributed by atoms with Crippen molar-refractivity contribution in [1.29, 1.82) is 0 Å². The van der Waals surface area contributed by atoms with Crippen molar-refractivity contribution in [1.82, 2.24) is 14.5 Å². The first-order chi connectivity index (χ1) is 11.5. The second-order valence-electron chi connectivity index (χ2n) is 5.52. The molecule has 10 heteroatoms. The number of halogens is 3. The number of carboxylic acid groups (broad SMARTS) is 1. The number of nitrogens with zero attached hydrogens (tertiary/aromatic N) is 2. The Balaban J connectivity index is 2.77. The van der Waals surface area contributed by atoms with Crippen molar-refractivity contribution in [2.24, 2.45) is 0 Å². The van der Waals surface area contributed by atoms with Gasteiger partial charge in [0.2, 0.25) is 0 Å². The molecule has 0 aliphatic heterocycles. The van der Waals surface area contributed by atoms with Crippen molar-refractivity contribution < 1.29 is 23.1 Å². The molecule has 134 valence electrons. The van der Waals surface area contributed by atoms with Crippen molar-refractivity contribution in [2.75, 3.05) is 14.1 Å². The Labute approximate surface area is 138 Å². The van der Waals surface area contributed by atoms with E-state index in [-0.39, 0.29) is 17.8 Å². The van der Waals surface area contributed by atoms with Gasteiger partial charge in [-0.05, 0) is 32.3 Å². The largest absolute Gasteiger partial charge is 0.477 e. The second-order valence-corrected chi connectivity index (χ2v) is 5.52. The Morgan fingerprint density at radius 3 is 2.44 bits per heavy atom. The molecule has 2 rings (SSSR count). The number of alkyl halides is 3. The first-order valence-corrected chi connectivity index (χ1v) is 6.96. The minimum absolute atomic E-state index is 0.115. The van der Waals surface area contributed by atoms with E-state index in [9.17, 15) is 27.6 Å². The molecule has 1 heterocycles. The van der Waals surface area contributed by atoms with Crippen LogP contribution in [0.2, 0.25) is 0 Å². The van der Waals surface area contributed by atoms with Gasteiger partial charge in [-0.25, -0.2) is 14.2 Å². The van der Waals surface area contributed by atoms with Crippen LogP contribution in [0.15, 0.2) is 33.9 Å². The highest BCUT2D eigenvalue weighted by Crippen LogP contribution is 2.29. The molecule has 0 aliphatic carbocycles. The number of aromatic amines is 1. The van der Waals surface area contributed by atoms with Gasteiger partial charge in [0.15, 0.2) is 0 Å². The van der Waals surface area contributed by atoms with Gasteiger partial charge in [0.05, 0.1) is 16.8 Å². The first kappa shape index (κ1) is 18.5. The maximum atomic E-state index is 12.8. The number of carbonyl (C=O) groups is 1. The van der Waals surface area contributed by atoms with E-state index in [0.717, 1.165) is 18.2 Å². The van der Waals surface area contributed by atoms with Gasteiger partial charge >= 0.3 is 17.8 Å². The summed E-state index contributed by atoms with van der Waals surface area (Å²) in [6.45, 7) is -0.115. The number of hydrogen-bond acceptors (Lipinski definition) is 4. The molecule has 1 aromatic carbocycles. The summed E-state index contributed by atoms with van der Waals surface area (Å²) in [5.74, 6) is -1.51. The summed E-state index contributed by atoms with van der Waals surface area (Å²) in [6.07, 6.45) is -4.65. The standard InChI is InChI=1S/C15H14F3N3O4/c1-20(2)7-10-11(13(23)24)19-14(25)21(12(10)22)9-5-3-4-8(6-9)15(16,17)18/h3-6H,7H2,1-2H3,(H,19,25)(H,23,24). The van der Waals surface area contributed by atoms with Crippen molar-refractivity contribution >= 4 is 5.97 Å². The molecule has 7 nitrogen and oxygen atoms in total. The Bertz CT molecular complexity index is 929. The number of aromatic nitrogens is 2. The average molecular weight is 357 g/mol. The molecule has 0 saturated heterocycles. The number of carboxylic acids is 1. The Kier molecular flexibility index (Phi) is 4.84. The number of aromatic carboxylic acids is 1. The van der Waals surface area contributed by atoms with Crippen LogP contribution in [0.4, 0.5) is 13.2 Å². The fourth-order valence-electron chi connectivity index (χ4n) is 2.27. The number of benzene rings is 1. The van der Waals surface area contributed by atoms with Gasteiger partial charge in [0.25, 0.3) is 5.56 Å². The van der Waals surface area contributed by atoms with Gasteiger partial charge in [-0.2, -0.15) is 13.2 Å². The lowest BCUT2D eigenvalue weighted by Crippen LogP contribution is -2.39. The van der Waals surface area contributed by atoms with E-state index >= 15 is 0 Å². The number of nitrogens with one attached hydrogen (secondary N) is 1. The third kappa shape index (κ3) is 3.79. The van der Waals surface area contributed by atoms with E-state index < -0.39 is 34.7 Å². The lowest BCUT2D eigenvalue weighted by molar-refractivity contribution is -0.137. The Morgan fingerprint density at radius 2 is 1.92 bits per heavy atom. The number of rotatable bonds is 4. The quantitative estimate of drug-likeness (QED) is 0.860. The molecule has 0 atom stereocenters. The summed E-state index contributed by atoms with van der Waals surface area (Å²) in [4.78, 5) is 39.5. The summed E-state index contributed by atoms with van der Waals surface area (Å²) in [5, 5.41) is 9.15. The van der Waals surface area contributed by atoms with Gasteiger partial charge in [-0.3, -0.25) is 4.79 Å². The zero-order valence-electron chi connectivity index (χ0n) is 13.2. The highest BCUT2D eigenvalue weighted by molar-refractivity contribution is 5.86. The maximum Gasteiger partial charge on any atom is 0.416 e. The van der Waals surface area contributed by atoms with Crippen LogP contribution in [0.3, 0.4) is 0 Å². The molecule has 0 amide bonds. The van der Waals surface area contributed by atoms with Crippen molar-refractivity contribution in [3.63, 3.8) is 0 Å². The molecular formula is C15H14F3N3O4.